The van der Waals surface area contributed by atoms with E-state index in [4.69, 9.17) is 0 Å². The Balaban J connectivity index is 1.99. The third-order valence-corrected chi connectivity index (χ3v) is 3.09. The lowest BCUT2D eigenvalue weighted by Gasteiger charge is -2.16. The number of halogens is 1. The van der Waals surface area contributed by atoms with Gasteiger partial charge >= 0.3 is 0 Å². The molecule has 90 valence electrons. The third-order valence-electron chi connectivity index (χ3n) is 3.09. The lowest BCUT2D eigenvalue weighted by atomic mass is 10.2. The van der Waals surface area contributed by atoms with Crippen molar-refractivity contribution in [2.45, 2.75) is 6.42 Å². The van der Waals surface area contributed by atoms with Crippen LogP contribution >= 0.6 is 0 Å². The first-order valence-electron chi connectivity index (χ1n) is 5.77. The lowest BCUT2D eigenvalue weighted by Crippen LogP contribution is -2.30. The minimum atomic E-state index is -0.577. The molecule has 0 fully saturated rings. The fourth-order valence-electron chi connectivity index (χ4n) is 2.22. The molecular formula is C14H11FN2O. The molecule has 0 saturated heterocycles. The van der Waals surface area contributed by atoms with Crippen LogP contribution in [0.4, 0.5) is 10.1 Å². The summed E-state index contributed by atoms with van der Waals surface area (Å²) >= 11 is 0. The van der Waals surface area contributed by atoms with Crippen LogP contribution in [0, 0.1) is 5.82 Å². The Kier molecular flexibility index (Phi) is 2.55. The number of anilines is 1. The molecule has 1 aliphatic rings. The maximum Gasteiger partial charge on any atom is 0.279 e. The molecule has 0 aliphatic carbocycles. The monoisotopic (exact) mass is 242 g/mol. The predicted octanol–water partition coefficient (Wildman–Crippen LogP) is 2.42. The number of benzene rings is 1. The van der Waals surface area contributed by atoms with E-state index in [2.05, 4.69) is 4.98 Å². The zero-order chi connectivity index (χ0) is 12.5. The van der Waals surface area contributed by atoms with Crippen molar-refractivity contribution in [3.05, 3.63) is 59.7 Å². The highest BCUT2D eigenvalue weighted by Gasteiger charge is 2.27. The van der Waals surface area contributed by atoms with Gasteiger partial charge in [-0.15, -0.1) is 0 Å². The first-order valence-corrected chi connectivity index (χ1v) is 5.77. The standard InChI is InChI=1S/C14H11FN2O/c15-11-5-3-8-16-13(11)14(18)17-9-7-10-4-1-2-6-12(10)17/h1-6,8H,7,9H2. The molecule has 4 heteroatoms. The molecule has 2 heterocycles. The minimum absolute atomic E-state index is 0.116. The maximum absolute atomic E-state index is 13.6. The highest BCUT2D eigenvalue weighted by Crippen LogP contribution is 2.28. The third kappa shape index (κ3) is 1.66. The van der Waals surface area contributed by atoms with Gasteiger partial charge in [-0.25, -0.2) is 9.37 Å². The van der Waals surface area contributed by atoms with E-state index in [9.17, 15) is 9.18 Å². The number of pyridine rings is 1. The Morgan fingerprint density at radius 1 is 1.22 bits per heavy atom. The van der Waals surface area contributed by atoms with Crippen LogP contribution in [0.25, 0.3) is 0 Å². The van der Waals surface area contributed by atoms with Gasteiger partial charge in [0.15, 0.2) is 11.5 Å². The summed E-state index contributed by atoms with van der Waals surface area (Å²) in [5, 5.41) is 0. The number of rotatable bonds is 1. The Labute approximate surface area is 104 Å². The van der Waals surface area contributed by atoms with Gasteiger partial charge in [-0.2, -0.15) is 0 Å². The van der Waals surface area contributed by atoms with Crippen molar-refractivity contribution < 1.29 is 9.18 Å². The van der Waals surface area contributed by atoms with Crippen LogP contribution in [0.3, 0.4) is 0 Å². The summed E-state index contributed by atoms with van der Waals surface area (Å²) in [6, 6.07) is 10.4. The van der Waals surface area contributed by atoms with Crippen molar-refractivity contribution in [2.75, 3.05) is 11.4 Å². The van der Waals surface area contributed by atoms with Crippen LogP contribution < -0.4 is 4.90 Å². The van der Waals surface area contributed by atoms with Crippen molar-refractivity contribution >= 4 is 11.6 Å². The molecule has 0 saturated carbocycles. The molecular weight excluding hydrogens is 231 g/mol. The smallest absolute Gasteiger partial charge is 0.279 e. The zero-order valence-corrected chi connectivity index (χ0v) is 9.64. The average Bonchev–Trinajstić information content (AvgIpc) is 2.82. The molecule has 0 N–H and O–H groups in total. The van der Waals surface area contributed by atoms with Crippen molar-refractivity contribution in [3.63, 3.8) is 0 Å². The number of hydrogen-bond donors (Lipinski definition) is 0. The predicted molar refractivity (Wildman–Crippen MR) is 66.0 cm³/mol. The molecule has 2 aromatic rings. The lowest BCUT2D eigenvalue weighted by molar-refractivity contribution is 0.0980. The molecule has 3 nitrogen and oxygen atoms in total. The van der Waals surface area contributed by atoms with Crippen LogP contribution in [0.15, 0.2) is 42.6 Å². The van der Waals surface area contributed by atoms with Gasteiger partial charge in [0.25, 0.3) is 5.91 Å². The molecule has 0 spiro atoms. The summed E-state index contributed by atoms with van der Waals surface area (Å²) in [5.74, 6) is -0.954. The highest BCUT2D eigenvalue weighted by molar-refractivity contribution is 6.06. The SMILES string of the molecule is O=C(c1ncccc1F)N1CCc2ccccc21. The van der Waals surface area contributed by atoms with Gasteiger partial charge in [-0.1, -0.05) is 18.2 Å². The Morgan fingerprint density at radius 3 is 2.89 bits per heavy atom. The number of nitrogens with zero attached hydrogens (tertiary/aromatic N) is 2. The number of hydrogen-bond acceptors (Lipinski definition) is 2. The number of carbonyl (C=O) groups is 1. The van der Waals surface area contributed by atoms with Gasteiger partial charge in [-0.3, -0.25) is 4.79 Å². The van der Waals surface area contributed by atoms with E-state index in [-0.39, 0.29) is 11.6 Å². The van der Waals surface area contributed by atoms with Gasteiger partial charge in [0.05, 0.1) is 0 Å². The first-order chi connectivity index (χ1) is 8.77. The van der Waals surface area contributed by atoms with Crippen LogP contribution in [0.2, 0.25) is 0 Å². The normalized spacial score (nSPS) is 13.5. The van der Waals surface area contributed by atoms with Gasteiger partial charge < -0.3 is 4.90 Å². The van der Waals surface area contributed by atoms with E-state index >= 15 is 0 Å². The van der Waals surface area contributed by atoms with Crippen LogP contribution in [0.1, 0.15) is 16.1 Å². The summed E-state index contributed by atoms with van der Waals surface area (Å²) in [5.41, 5.74) is 1.85. The van der Waals surface area contributed by atoms with Crippen LogP contribution in [-0.2, 0) is 6.42 Å². The van der Waals surface area contributed by atoms with E-state index in [0.717, 1.165) is 17.7 Å². The molecule has 18 heavy (non-hydrogen) atoms. The zero-order valence-electron chi connectivity index (χ0n) is 9.64. The Bertz CT molecular complexity index is 612. The molecule has 0 atom stereocenters. The highest BCUT2D eigenvalue weighted by atomic mass is 19.1. The van der Waals surface area contributed by atoms with Gasteiger partial charge in [-0.05, 0) is 30.2 Å². The number of fused-ring (bicyclic) bond motifs is 1. The molecule has 1 aromatic carbocycles. The van der Waals surface area contributed by atoms with Crippen molar-refractivity contribution in [2.24, 2.45) is 0 Å². The number of carbonyl (C=O) groups excluding carboxylic acids is 1. The van der Waals surface area contributed by atoms with Crippen LogP contribution in [-0.4, -0.2) is 17.4 Å². The summed E-state index contributed by atoms with van der Waals surface area (Å²) in [7, 11) is 0. The molecule has 1 aromatic heterocycles. The minimum Gasteiger partial charge on any atom is -0.306 e. The summed E-state index contributed by atoms with van der Waals surface area (Å²) in [4.78, 5) is 17.7. The quantitative estimate of drug-likeness (QED) is 0.769. The van der Waals surface area contributed by atoms with Crippen molar-refractivity contribution in [3.8, 4) is 0 Å². The summed E-state index contributed by atoms with van der Waals surface area (Å²) < 4.78 is 13.6. The fourth-order valence-corrected chi connectivity index (χ4v) is 2.22. The van der Waals surface area contributed by atoms with Gasteiger partial charge in [0.2, 0.25) is 0 Å². The molecule has 0 radical (unpaired) electrons. The summed E-state index contributed by atoms with van der Waals surface area (Å²) in [6.45, 7) is 0.578. The molecule has 1 amide bonds. The Morgan fingerprint density at radius 2 is 2.06 bits per heavy atom. The average molecular weight is 242 g/mol. The molecule has 0 unspecified atom stereocenters. The van der Waals surface area contributed by atoms with E-state index in [1.807, 2.05) is 24.3 Å². The Hall–Kier alpha value is -2.23. The van der Waals surface area contributed by atoms with Gasteiger partial charge in [0, 0.05) is 18.4 Å². The van der Waals surface area contributed by atoms with E-state index < -0.39 is 5.82 Å². The number of aromatic nitrogens is 1. The second-order valence-electron chi connectivity index (χ2n) is 4.17. The maximum atomic E-state index is 13.6. The second kappa shape index (κ2) is 4.22. The molecule has 0 bridgehead atoms. The van der Waals surface area contributed by atoms with E-state index in [1.165, 1.54) is 18.3 Å². The molecule has 3 rings (SSSR count). The van der Waals surface area contributed by atoms with Crippen molar-refractivity contribution in [1.29, 1.82) is 0 Å². The number of amides is 1. The van der Waals surface area contributed by atoms with E-state index in [1.54, 1.807) is 4.90 Å². The topological polar surface area (TPSA) is 33.2 Å². The fraction of sp³-hybridized carbons (Fsp3) is 0.143. The molecule has 1 aliphatic heterocycles. The second-order valence-corrected chi connectivity index (χ2v) is 4.17. The van der Waals surface area contributed by atoms with E-state index in [0.29, 0.717) is 6.54 Å². The van der Waals surface area contributed by atoms with Gasteiger partial charge in [0.1, 0.15) is 0 Å². The largest absolute Gasteiger partial charge is 0.306 e. The number of para-hydroxylation sites is 1. The van der Waals surface area contributed by atoms with Crippen molar-refractivity contribution in [1.82, 2.24) is 4.98 Å². The summed E-state index contributed by atoms with van der Waals surface area (Å²) in [6.07, 6.45) is 2.23. The first kappa shape index (κ1) is 10.9. The van der Waals surface area contributed by atoms with Crippen LogP contribution in [0.5, 0.6) is 0 Å².